The fourth-order valence-corrected chi connectivity index (χ4v) is 4.13. The number of likely N-dealkylation sites (N-methyl/N-ethyl adjacent to an activating group) is 1. The van der Waals surface area contributed by atoms with Crippen molar-refractivity contribution >= 4 is 42.4 Å². The highest BCUT2D eigenvalue weighted by Crippen LogP contribution is 2.24. The number of hydrogen-bond donors (Lipinski definition) is 4. The van der Waals surface area contributed by atoms with Crippen molar-refractivity contribution in [2.75, 3.05) is 59.0 Å². The van der Waals surface area contributed by atoms with Gasteiger partial charge >= 0.3 is 5.56 Å². The molecule has 2 aromatic heterocycles. The first-order valence-corrected chi connectivity index (χ1v) is 13.4. The Morgan fingerprint density at radius 1 is 1.15 bits per heavy atom. The van der Waals surface area contributed by atoms with Crippen molar-refractivity contribution in [2.24, 2.45) is 5.92 Å². The molecule has 39 heavy (non-hydrogen) atoms. The fourth-order valence-electron chi connectivity index (χ4n) is 3.72. The Morgan fingerprint density at radius 2 is 1.77 bits per heavy atom. The molecule has 0 atom stereocenters. The predicted molar refractivity (Wildman–Crippen MR) is 159 cm³/mol. The van der Waals surface area contributed by atoms with Crippen LogP contribution in [-0.2, 0) is 14.4 Å². The van der Waals surface area contributed by atoms with Crippen LogP contribution in [0.2, 0.25) is 0 Å². The van der Waals surface area contributed by atoms with Crippen molar-refractivity contribution in [3.8, 4) is 0 Å². The van der Waals surface area contributed by atoms with Gasteiger partial charge in [-0.05, 0) is 52.5 Å². The average Bonchev–Trinajstić information content (AvgIpc) is 3.62. The number of nitrogens with one attached hydrogen (secondary N) is 3. The molecule has 12 heteroatoms. The zero-order valence-electron chi connectivity index (χ0n) is 23.9. The van der Waals surface area contributed by atoms with E-state index >= 15 is 0 Å². The number of rotatable bonds is 5. The molecule has 11 nitrogen and oxygen atoms in total. The van der Waals surface area contributed by atoms with Gasteiger partial charge in [-0.25, -0.2) is 4.98 Å². The van der Waals surface area contributed by atoms with E-state index in [1.54, 1.807) is 23.2 Å². The van der Waals surface area contributed by atoms with Crippen LogP contribution in [0.3, 0.4) is 0 Å². The molecular formula is C27H43N7O4S. The van der Waals surface area contributed by atoms with E-state index in [-0.39, 0.29) is 11.8 Å². The lowest BCUT2D eigenvalue weighted by atomic mass is 9.88. The van der Waals surface area contributed by atoms with Crippen molar-refractivity contribution in [1.82, 2.24) is 25.1 Å². The van der Waals surface area contributed by atoms with E-state index in [4.69, 9.17) is 0 Å². The first-order valence-electron chi connectivity index (χ1n) is 13.0. The Balaban J connectivity index is 0.000000279. The monoisotopic (exact) mass is 561 g/mol. The second kappa shape index (κ2) is 18.2. The second-order valence-corrected chi connectivity index (χ2v) is 10.2. The first-order chi connectivity index (χ1) is 18.5. The van der Waals surface area contributed by atoms with Gasteiger partial charge in [0.15, 0.2) is 0 Å². The number of aryl methyl sites for hydroxylation is 1. The number of aromatic nitrogens is 2. The number of hydrogen-bond acceptors (Lipinski definition) is 10. The molecular weight excluding hydrogens is 518 g/mol. The zero-order chi connectivity index (χ0) is 29.4. The highest BCUT2D eigenvalue weighted by atomic mass is 32.1. The van der Waals surface area contributed by atoms with Crippen molar-refractivity contribution in [2.45, 2.75) is 45.4 Å². The van der Waals surface area contributed by atoms with Gasteiger partial charge in [-0.15, -0.1) is 12.6 Å². The van der Waals surface area contributed by atoms with Gasteiger partial charge in [-0.3, -0.25) is 19.2 Å². The summed E-state index contributed by atoms with van der Waals surface area (Å²) in [4.78, 5) is 54.9. The van der Waals surface area contributed by atoms with Crippen LogP contribution in [0.25, 0.3) is 0 Å². The minimum Gasteiger partial charge on any atom is -0.349 e. The van der Waals surface area contributed by atoms with Crippen LogP contribution in [-0.4, -0.2) is 86.2 Å². The van der Waals surface area contributed by atoms with Crippen LogP contribution in [0.4, 0.5) is 11.6 Å². The largest absolute Gasteiger partial charge is 0.349 e. The number of anilines is 2. The van der Waals surface area contributed by atoms with E-state index in [0.717, 1.165) is 48.5 Å². The van der Waals surface area contributed by atoms with Gasteiger partial charge in [-0.1, -0.05) is 25.3 Å². The molecule has 0 aromatic carbocycles. The number of carbonyl (C=O) groups excluding carboxylic acids is 3. The summed E-state index contributed by atoms with van der Waals surface area (Å²) in [7, 11) is 9.49. The van der Waals surface area contributed by atoms with Gasteiger partial charge in [0.2, 0.25) is 18.0 Å². The number of thiol groups is 1. The molecule has 1 aliphatic heterocycles. The van der Waals surface area contributed by atoms with Crippen LogP contribution in [0, 0.1) is 12.8 Å². The van der Waals surface area contributed by atoms with Gasteiger partial charge in [0, 0.05) is 56.3 Å². The lowest BCUT2D eigenvalue weighted by Gasteiger charge is -2.24. The molecule has 0 radical (unpaired) electrons. The highest BCUT2D eigenvalue weighted by Gasteiger charge is 2.22. The van der Waals surface area contributed by atoms with E-state index < -0.39 is 5.91 Å². The maximum atomic E-state index is 11.4. The first kappa shape index (κ1) is 33.9. The lowest BCUT2D eigenvalue weighted by Crippen LogP contribution is -2.30. The fraction of sp³-hybridized carbons (Fsp3) is 0.556. The normalized spacial score (nSPS) is 15.5. The smallest absolute Gasteiger partial charge is 0.315 e. The van der Waals surface area contributed by atoms with E-state index in [2.05, 4.69) is 43.4 Å². The Kier molecular flexibility index (Phi) is 15.9. The molecule has 0 unspecified atom stereocenters. The van der Waals surface area contributed by atoms with Gasteiger partial charge in [-0.2, -0.15) is 4.98 Å². The van der Waals surface area contributed by atoms with Crippen LogP contribution in [0.5, 0.6) is 0 Å². The minimum absolute atomic E-state index is 0.132. The Bertz CT molecular complexity index is 1070. The summed E-state index contributed by atoms with van der Waals surface area (Å²) in [5.41, 5.74) is 1.90. The topological polar surface area (TPSA) is 137 Å². The van der Waals surface area contributed by atoms with Gasteiger partial charge < -0.3 is 25.8 Å². The molecule has 0 saturated heterocycles. The zero-order valence-corrected chi connectivity index (χ0v) is 24.8. The third-order valence-corrected chi connectivity index (χ3v) is 6.22. The van der Waals surface area contributed by atoms with Crippen LogP contribution < -0.4 is 21.5 Å². The molecule has 4 rings (SSSR count). The summed E-state index contributed by atoms with van der Waals surface area (Å²) < 4.78 is 0. The van der Waals surface area contributed by atoms with E-state index in [1.807, 2.05) is 42.2 Å². The molecule has 3 heterocycles. The summed E-state index contributed by atoms with van der Waals surface area (Å²) >= 11 is 4.36. The summed E-state index contributed by atoms with van der Waals surface area (Å²) in [6.07, 6.45) is 8.74. The van der Waals surface area contributed by atoms with Crippen LogP contribution in [0.15, 0.2) is 33.7 Å². The van der Waals surface area contributed by atoms with Crippen LogP contribution >= 0.6 is 12.6 Å². The summed E-state index contributed by atoms with van der Waals surface area (Å²) in [6, 6.07) is 3.43. The van der Waals surface area contributed by atoms with Crippen LogP contribution in [0.1, 0.15) is 44.1 Å². The summed E-state index contributed by atoms with van der Waals surface area (Å²) in [5, 5.41) is 8.04. The molecule has 2 aromatic rings. The molecule has 3 N–H and O–H groups in total. The van der Waals surface area contributed by atoms with Crippen molar-refractivity contribution in [1.29, 1.82) is 0 Å². The third kappa shape index (κ3) is 14.0. The van der Waals surface area contributed by atoms with Crippen molar-refractivity contribution < 1.29 is 14.4 Å². The molecule has 2 amide bonds. The lowest BCUT2D eigenvalue weighted by molar-refractivity contribution is -0.133. The number of amides is 2. The maximum absolute atomic E-state index is 11.4. The molecule has 216 valence electrons. The molecule has 0 bridgehead atoms. The van der Waals surface area contributed by atoms with Crippen molar-refractivity contribution in [3.63, 3.8) is 0 Å². The van der Waals surface area contributed by atoms with Crippen molar-refractivity contribution in [3.05, 3.63) is 44.8 Å². The Labute approximate surface area is 236 Å². The standard InChI is InChI=1S/C9H17NO.C8H11N3OS.C8H8N2O2.C2H7N/c1-10(2)9(11)8-6-4-3-5-7-8;1-11-3-2-5(6(13)4-11)9-7-8(12)10-7;1-6-2-3-7(9-4-6)10-8(12)5-11;1-3-2/h8H,3-7H2,1-2H3;13H,2-4H2,1H3,(H,9,10,12);2-5H,1H3,(H,9,10,12);3H,1-2H3. The average molecular weight is 562 g/mol. The molecule has 0 spiro atoms. The number of nitrogens with zero attached hydrogens (tertiary/aromatic N) is 4. The SMILES string of the molecule is CN(C)C(=O)C1CCCCC1.CN1CCC(Nc2nc2=O)=C(S)C1.CNC.Cc1ccc(NC(=O)C=O)nc1. The van der Waals surface area contributed by atoms with E-state index in [1.165, 1.54) is 19.3 Å². The second-order valence-electron chi connectivity index (χ2n) is 9.70. The predicted octanol–water partition coefficient (Wildman–Crippen LogP) is 2.22. The van der Waals surface area contributed by atoms with E-state index in [9.17, 15) is 19.2 Å². The maximum Gasteiger partial charge on any atom is 0.315 e. The third-order valence-electron chi connectivity index (χ3n) is 5.81. The molecule has 2 aliphatic rings. The Morgan fingerprint density at radius 3 is 2.23 bits per heavy atom. The van der Waals surface area contributed by atoms with Gasteiger partial charge in [0.1, 0.15) is 5.82 Å². The van der Waals surface area contributed by atoms with Gasteiger partial charge in [0.25, 0.3) is 5.91 Å². The summed E-state index contributed by atoms with van der Waals surface area (Å²) in [6.45, 7) is 3.72. The summed E-state index contributed by atoms with van der Waals surface area (Å²) in [5.74, 6) is 0.832. The minimum atomic E-state index is -0.689. The molecule has 1 fully saturated rings. The molecule has 1 saturated carbocycles. The number of carbonyl (C=O) groups is 3. The Hall–Kier alpha value is -3.09. The van der Waals surface area contributed by atoms with E-state index in [0.29, 0.717) is 23.5 Å². The highest BCUT2D eigenvalue weighted by molar-refractivity contribution is 7.84. The molecule has 1 aliphatic carbocycles. The quantitative estimate of drug-likeness (QED) is 0.246. The van der Waals surface area contributed by atoms with Gasteiger partial charge in [0.05, 0.1) is 0 Å². The number of pyridine rings is 1. The number of aldehydes is 1.